The number of rotatable bonds is 0. The van der Waals surface area contributed by atoms with Crippen molar-refractivity contribution >= 4 is 15.9 Å². The molecule has 2 radical (unpaired) electrons. The van der Waals surface area contributed by atoms with E-state index in [2.05, 4.69) is 22.4 Å². The predicted octanol–water partition coefficient (Wildman–Crippen LogP) is 1.25. The average molecular weight is 160 g/mol. The first-order valence-electron chi connectivity index (χ1n) is 2.09. The maximum atomic E-state index is 3.36. The second kappa shape index (κ2) is 1.86. The summed E-state index contributed by atoms with van der Waals surface area (Å²) in [5, 5.41) is 0. The van der Waals surface area contributed by atoms with Crippen molar-refractivity contribution in [1.82, 2.24) is 4.90 Å². The molecule has 1 atom stereocenters. The molecule has 0 bridgehead atoms. The lowest BCUT2D eigenvalue weighted by Gasteiger charge is -2.11. The van der Waals surface area contributed by atoms with Crippen LogP contribution in [0.2, 0.25) is 0 Å². The van der Waals surface area contributed by atoms with Gasteiger partial charge in [-0.1, -0.05) is 22.0 Å². The molecule has 0 spiro atoms. The largest absolute Gasteiger partial charge is 0.367 e. The Morgan fingerprint density at radius 3 is 2.71 bits per heavy atom. The SMILES string of the molecule is CN1C=C[C]C1Br. The molecule has 1 aliphatic rings. The van der Waals surface area contributed by atoms with Crippen molar-refractivity contribution < 1.29 is 0 Å². The van der Waals surface area contributed by atoms with E-state index < -0.39 is 0 Å². The van der Waals surface area contributed by atoms with E-state index in [0.717, 1.165) is 0 Å². The van der Waals surface area contributed by atoms with E-state index in [1.165, 1.54) is 0 Å². The van der Waals surface area contributed by atoms with Crippen molar-refractivity contribution in [3.63, 3.8) is 0 Å². The van der Waals surface area contributed by atoms with E-state index in [1.807, 2.05) is 24.2 Å². The van der Waals surface area contributed by atoms with Gasteiger partial charge in [0.15, 0.2) is 0 Å². The molecule has 0 saturated heterocycles. The molecule has 1 rings (SSSR count). The third-order valence-corrected chi connectivity index (χ3v) is 1.81. The van der Waals surface area contributed by atoms with Crippen molar-refractivity contribution in [2.24, 2.45) is 0 Å². The summed E-state index contributed by atoms with van der Waals surface area (Å²) in [6.45, 7) is 0. The third kappa shape index (κ3) is 0.969. The molecule has 0 aromatic carbocycles. The average Bonchev–Trinajstić information content (AvgIpc) is 1.91. The van der Waals surface area contributed by atoms with Crippen molar-refractivity contribution in [2.45, 2.75) is 4.95 Å². The highest BCUT2D eigenvalue weighted by atomic mass is 79.9. The minimum absolute atomic E-state index is 0.299. The molecule has 1 nitrogen and oxygen atoms in total. The van der Waals surface area contributed by atoms with E-state index >= 15 is 0 Å². The first kappa shape index (κ1) is 5.16. The number of halogens is 1. The summed E-state index contributed by atoms with van der Waals surface area (Å²) in [5.74, 6) is 0. The van der Waals surface area contributed by atoms with Crippen LogP contribution in [0.15, 0.2) is 12.3 Å². The first-order chi connectivity index (χ1) is 3.30. The van der Waals surface area contributed by atoms with Crippen molar-refractivity contribution in [2.75, 3.05) is 7.05 Å². The summed E-state index contributed by atoms with van der Waals surface area (Å²) in [4.78, 5) is 2.33. The van der Waals surface area contributed by atoms with Crippen LogP contribution in [0.4, 0.5) is 0 Å². The fourth-order valence-electron chi connectivity index (χ4n) is 0.433. The molecule has 2 heteroatoms. The number of alkyl halides is 1. The molecular formula is C5H6BrN. The van der Waals surface area contributed by atoms with Crippen LogP contribution in [0.1, 0.15) is 0 Å². The molecule has 0 aromatic heterocycles. The maximum absolute atomic E-state index is 3.36. The van der Waals surface area contributed by atoms with Crippen LogP contribution < -0.4 is 0 Å². The van der Waals surface area contributed by atoms with Gasteiger partial charge in [0.2, 0.25) is 0 Å². The normalized spacial score (nSPS) is 29.4. The van der Waals surface area contributed by atoms with E-state index in [-0.39, 0.29) is 0 Å². The fourth-order valence-corrected chi connectivity index (χ4v) is 0.722. The van der Waals surface area contributed by atoms with E-state index in [0.29, 0.717) is 4.95 Å². The van der Waals surface area contributed by atoms with E-state index in [9.17, 15) is 0 Å². The second-order valence-corrected chi connectivity index (χ2v) is 2.35. The van der Waals surface area contributed by atoms with Crippen LogP contribution in [0.5, 0.6) is 0 Å². The standard InChI is InChI=1S/C5H6BrN/c1-7-4-2-3-5(7)6/h2,4-5H,1H3. The first-order valence-corrected chi connectivity index (χ1v) is 3.01. The van der Waals surface area contributed by atoms with Crippen LogP contribution in [0.25, 0.3) is 0 Å². The molecule has 0 aromatic rings. The molecule has 0 fully saturated rings. The van der Waals surface area contributed by atoms with Gasteiger partial charge in [-0.05, 0) is 6.20 Å². The minimum atomic E-state index is 0.299. The number of nitrogens with zero attached hydrogens (tertiary/aromatic N) is 1. The number of hydrogen-bond donors (Lipinski definition) is 0. The Labute approximate surface area is 52.1 Å². The van der Waals surface area contributed by atoms with Gasteiger partial charge >= 0.3 is 0 Å². The molecule has 0 N–H and O–H groups in total. The quantitative estimate of drug-likeness (QED) is 0.380. The minimum Gasteiger partial charge on any atom is -0.367 e. The molecule has 1 unspecified atom stereocenters. The molecule has 0 aliphatic carbocycles. The summed E-state index contributed by atoms with van der Waals surface area (Å²) in [5.41, 5.74) is 0. The summed E-state index contributed by atoms with van der Waals surface area (Å²) in [7, 11) is 2.00. The monoisotopic (exact) mass is 159 g/mol. The lowest BCUT2D eigenvalue weighted by molar-refractivity contribution is 0.495. The highest BCUT2D eigenvalue weighted by molar-refractivity contribution is 9.09. The van der Waals surface area contributed by atoms with Crippen LogP contribution in [0.3, 0.4) is 0 Å². The molecule has 1 heterocycles. The maximum Gasteiger partial charge on any atom is 0.0947 e. The van der Waals surface area contributed by atoms with E-state index in [1.54, 1.807) is 0 Å². The third-order valence-electron chi connectivity index (χ3n) is 0.901. The Balaban J connectivity index is 2.45. The molecule has 0 amide bonds. The predicted molar refractivity (Wildman–Crippen MR) is 32.9 cm³/mol. The lowest BCUT2D eigenvalue weighted by Crippen LogP contribution is -2.14. The fraction of sp³-hybridized carbons (Fsp3) is 0.400. The van der Waals surface area contributed by atoms with Gasteiger partial charge in [0.25, 0.3) is 0 Å². The van der Waals surface area contributed by atoms with Gasteiger partial charge in [0.05, 0.1) is 4.95 Å². The summed E-state index contributed by atoms with van der Waals surface area (Å²) >= 11 is 3.36. The Morgan fingerprint density at radius 1 is 1.86 bits per heavy atom. The van der Waals surface area contributed by atoms with Crippen LogP contribution in [-0.2, 0) is 0 Å². The Hall–Kier alpha value is 0.0200. The zero-order valence-corrected chi connectivity index (χ0v) is 5.64. The van der Waals surface area contributed by atoms with Crippen LogP contribution >= 0.6 is 15.9 Å². The molecule has 1 aliphatic heterocycles. The molecule has 38 valence electrons. The smallest absolute Gasteiger partial charge is 0.0947 e. The Morgan fingerprint density at radius 2 is 2.57 bits per heavy atom. The summed E-state index contributed by atoms with van der Waals surface area (Å²) in [6.07, 6.45) is 6.91. The highest BCUT2D eigenvalue weighted by Crippen LogP contribution is 2.15. The van der Waals surface area contributed by atoms with Crippen LogP contribution in [0, 0.1) is 6.42 Å². The molecule has 0 saturated carbocycles. The molecule has 7 heavy (non-hydrogen) atoms. The van der Waals surface area contributed by atoms with Gasteiger partial charge < -0.3 is 4.90 Å². The zero-order chi connectivity index (χ0) is 5.28. The highest BCUT2D eigenvalue weighted by Gasteiger charge is 2.09. The van der Waals surface area contributed by atoms with Crippen molar-refractivity contribution in [3.8, 4) is 0 Å². The van der Waals surface area contributed by atoms with Gasteiger partial charge in [-0.2, -0.15) is 0 Å². The second-order valence-electron chi connectivity index (χ2n) is 1.48. The van der Waals surface area contributed by atoms with Gasteiger partial charge in [-0.25, -0.2) is 0 Å². The van der Waals surface area contributed by atoms with Crippen LogP contribution in [-0.4, -0.2) is 16.9 Å². The Kier molecular flexibility index (Phi) is 1.38. The van der Waals surface area contributed by atoms with Gasteiger partial charge in [-0.15, -0.1) is 0 Å². The van der Waals surface area contributed by atoms with Crippen molar-refractivity contribution in [3.05, 3.63) is 18.7 Å². The Bertz CT molecular complexity index is 90.1. The zero-order valence-electron chi connectivity index (χ0n) is 4.06. The van der Waals surface area contributed by atoms with Gasteiger partial charge in [0.1, 0.15) is 0 Å². The number of hydrogen-bond acceptors (Lipinski definition) is 1. The van der Waals surface area contributed by atoms with Gasteiger partial charge in [-0.3, -0.25) is 0 Å². The molecular weight excluding hydrogens is 154 g/mol. The topological polar surface area (TPSA) is 3.24 Å². The summed E-state index contributed by atoms with van der Waals surface area (Å²) < 4.78 is 0. The summed E-state index contributed by atoms with van der Waals surface area (Å²) in [6, 6.07) is 0. The van der Waals surface area contributed by atoms with Crippen molar-refractivity contribution in [1.29, 1.82) is 0 Å². The lowest BCUT2D eigenvalue weighted by atomic mass is 10.5. The van der Waals surface area contributed by atoms with E-state index in [4.69, 9.17) is 0 Å². The van der Waals surface area contributed by atoms with Gasteiger partial charge in [0, 0.05) is 13.5 Å².